The molecule has 1 fully saturated rings. The van der Waals surface area contributed by atoms with Crippen molar-refractivity contribution in [2.45, 2.75) is 30.5 Å². The average Bonchev–Trinajstić information content (AvgIpc) is 2.35. The number of rotatable bonds is 3. The van der Waals surface area contributed by atoms with Crippen LogP contribution in [-0.2, 0) is 9.47 Å². The molecule has 1 rings (SSSR count). The molecule has 1 aliphatic rings. The van der Waals surface area contributed by atoms with Crippen LogP contribution in [0.2, 0.25) is 0 Å². The molecular weight excluding hydrogens is 270 g/mol. The van der Waals surface area contributed by atoms with Gasteiger partial charge in [-0.05, 0) is 0 Å². The number of nitrogens with one attached hydrogen (secondary N) is 2. The molecule has 19 heavy (non-hydrogen) atoms. The highest BCUT2D eigenvalue weighted by molar-refractivity contribution is 8.14. The zero-order chi connectivity index (χ0) is 14.4. The molecule has 8 heteroatoms. The van der Waals surface area contributed by atoms with E-state index >= 15 is 0 Å². The molecule has 0 aliphatic carbocycles. The van der Waals surface area contributed by atoms with Gasteiger partial charge in [-0.3, -0.25) is 5.41 Å². The van der Waals surface area contributed by atoms with Gasteiger partial charge < -0.3 is 24.8 Å². The van der Waals surface area contributed by atoms with E-state index in [1.807, 2.05) is 0 Å². The number of ether oxygens (including phenoxy) is 2. The molecule has 0 aromatic carbocycles. The van der Waals surface area contributed by atoms with Crippen molar-refractivity contribution in [1.29, 1.82) is 5.41 Å². The van der Waals surface area contributed by atoms with Crippen LogP contribution >= 0.6 is 11.8 Å². The van der Waals surface area contributed by atoms with E-state index in [1.54, 1.807) is 19.0 Å². The summed E-state index contributed by atoms with van der Waals surface area (Å²) in [6.45, 7) is 0.100. The molecule has 0 bridgehead atoms. The van der Waals surface area contributed by atoms with Crippen LogP contribution in [0.3, 0.4) is 0 Å². The van der Waals surface area contributed by atoms with Crippen molar-refractivity contribution in [2.24, 2.45) is 0 Å². The highest BCUT2D eigenvalue weighted by atomic mass is 32.2. The van der Waals surface area contributed by atoms with E-state index in [9.17, 15) is 9.90 Å². The minimum Gasteiger partial charge on any atom is -0.447 e. The lowest BCUT2D eigenvalue weighted by Crippen LogP contribution is -2.39. The van der Waals surface area contributed by atoms with Gasteiger partial charge >= 0.3 is 6.09 Å². The summed E-state index contributed by atoms with van der Waals surface area (Å²) in [5.41, 5.74) is -0.295. The van der Waals surface area contributed by atoms with Crippen molar-refractivity contribution in [3.63, 3.8) is 0 Å². The molecule has 7 nitrogen and oxygen atoms in total. The minimum absolute atomic E-state index is 0.100. The van der Waals surface area contributed by atoms with Crippen LogP contribution in [-0.4, -0.2) is 66.7 Å². The van der Waals surface area contributed by atoms with Gasteiger partial charge in [0, 0.05) is 34.0 Å². The van der Waals surface area contributed by atoms with Crippen molar-refractivity contribution in [3.05, 3.63) is 0 Å². The molecule has 1 amide bonds. The summed E-state index contributed by atoms with van der Waals surface area (Å²) >= 11 is 1.25. The van der Waals surface area contributed by atoms with E-state index in [0.29, 0.717) is 18.0 Å². The summed E-state index contributed by atoms with van der Waals surface area (Å²) in [6.07, 6.45) is -0.456. The maximum Gasteiger partial charge on any atom is 0.406 e. The van der Waals surface area contributed by atoms with Gasteiger partial charge in [0.25, 0.3) is 0 Å². The maximum atomic E-state index is 11.0. The lowest BCUT2D eigenvalue weighted by Gasteiger charge is -2.33. The number of aliphatic hydroxyl groups excluding tert-OH is 1. The second-order valence-electron chi connectivity index (χ2n) is 4.48. The second-order valence-corrected chi connectivity index (χ2v) is 5.63. The molecule has 1 saturated heterocycles. The number of hydrogen-bond acceptors (Lipinski definition) is 6. The molecule has 0 radical (unpaired) electrons. The Labute approximate surface area is 117 Å². The smallest absolute Gasteiger partial charge is 0.406 e. The fourth-order valence-corrected chi connectivity index (χ4v) is 2.59. The van der Waals surface area contributed by atoms with Gasteiger partial charge in [-0.2, -0.15) is 0 Å². The van der Waals surface area contributed by atoms with Crippen molar-refractivity contribution in [2.75, 3.05) is 27.7 Å². The Kier molecular flexibility index (Phi) is 6.40. The predicted molar refractivity (Wildman–Crippen MR) is 73.3 cm³/mol. The summed E-state index contributed by atoms with van der Waals surface area (Å²) in [5, 5.41) is 20.2. The van der Waals surface area contributed by atoms with Gasteiger partial charge in [0.1, 0.15) is 12.0 Å². The summed E-state index contributed by atoms with van der Waals surface area (Å²) in [4.78, 5) is 12.7. The number of carbonyl (C=O) groups is 1. The summed E-state index contributed by atoms with van der Waals surface area (Å²) in [6, 6.07) is 0. The Hall–Kier alpha value is -0.990. The second kappa shape index (κ2) is 7.56. The van der Waals surface area contributed by atoms with Gasteiger partial charge in [-0.25, -0.2) is 4.79 Å². The number of amidine groups is 1. The van der Waals surface area contributed by atoms with Crippen molar-refractivity contribution in [3.8, 4) is 0 Å². The van der Waals surface area contributed by atoms with Gasteiger partial charge in [0.05, 0.1) is 12.2 Å². The third-order valence-electron chi connectivity index (χ3n) is 2.60. The highest BCUT2D eigenvalue weighted by Crippen LogP contribution is 2.28. The van der Waals surface area contributed by atoms with E-state index in [-0.39, 0.29) is 18.1 Å². The molecule has 0 saturated carbocycles. The van der Waals surface area contributed by atoms with Crippen LogP contribution in [0.1, 0.15) is 12.8 Å². The third kappa shape index (κ3) is 5.66. The Morgan fingerprint density at radius 1 is 1.58 bits per heavy atom. The lowest BCUT2D eigenvalue weighted by molar-refractivity contribution is -0.0795. The fraction of sp³-hybridized carbons (Fsp3) is 0.818. The van der Waals surface area contributed by atoms with Crippen LogP contribution in [0.4, 0.5) is 4.79 Å². The Balaban J connectivity index is 2.43. The highest BCUT2D eigenvalue weighted by Gasteiger charge is 2.30. The van der Waals surface area contributed by atoms with Gasteiger partial charge in [0.2, 0.25) is 0 Å². The van der Waals surface area contributed by atoms with Crippen molar-refractivity contribution < 1.29 is 19.4 Å². The fourth-order valence-electron chi connectivity index (χ4n) is 1.60. The molecule has 110 valence electrons. The first-order valence-corrected chi connectivity index (χ1v) is 6.91. The topological polar surface area (TPSA) is 94.9 Å². The van der Waals surface area contributed by atoms with E-state index < -0.39 is 12.2 Å². The number of alkyl carbamates (subject to hydrolysis) is 1. The molecule has 3 N–H and O–H groups in total. The SMILES string of the molecule is CNC(=O)OCC1CC(O)CC(SC(=N)N(C)C)O1. The first kappa shape index (κ1) is 16.1. The summed E-state index contributed by atoms with van der Waals surface area (Å²) in [5.74, 6) is 0. The van der Waals surface area contributed by atoms with Crippen LogP contribution in [0.15, 0.2) is 0 Å². The van der Waals surface area contributed by atoms with Crippen LogP contribution in [0.5, 0.6) is 0 Å². The number of carbonyl (C=O) groups excluding carboxylic acids is 1. The van der Waals surface area contributed by atoms with E-state index in [2.05, 4.69) is 5.32 Å². The number of thioether (sulfide) groups is 1. The quantitative estimate of drug-likeness (QED) is 0.516. The standard InChI is InChI=1S/C11H21N3O4S/c1-13-11(16)17-6-8-4-7(15)5-9(18-8)19-10(12)14(2)3/h7-9,12,15H,4-6H2,1-3H3,(H,13,16). The molecule has 0 aromatic rings. The number of aliphatic hydroxyl groups is 1. The molecule has 0 aromatic heterocycles. The zero-order valence-corrected chi connectivity index (χ0v) is 12.2. The minimum atomic E-state index is -0.520. The van der Waals surface area contributed by atoms with E-state index in [0.717, 1.165) is 0 Å². The zero-order valence-electron chi connectivity index (χ0n) is 11.4. The molecule has 1 heterocycles. The van der Waals surface area contributed by atoms with E-state index in [1.165, 1.54) is 18.8 Å². The predicted octanol–water partition coefficient (Wildman–Crippen LogP) is 0.438. The lowest BCUT2D eigenvalue weighted by atomic mass is 10.1. The first-order chi connectivity index (χ1) is 8.92. The van der Waals surface area contributed by atoms with Gasteiger partial charge in [0.15, 0.2) is 5.17 Å². The molecule has 3 atom stereocenters. The van der Waals surface area contributed by atoms with Gasteiger partial charge in [-0.1, -0.05) is 11.8 Å². The largest absolute Gasteiger partial charge is 0.447 e. The monoisotopic (exact) mass is 291 g/mol. The Morgan fingerprint density at radius 3 is 2.84 bits per heavy atom. The average molecular weight is 291 g/mol. The van der Waals surface area contributed by atoms with Crippen molar-refractivity contribution >= 4 is 23.0 Å². The van der Waals surface area contributed by atoms with Gasteiger partial charge in [-0.15, -0.1) is 0 Å². The van der Waals surface area contributed by atoms with Crippen LogP contribution < -0.4 is 5.32 Å². The third-order valence-corrected chi connectivity index (χ3v) is 3.75. The normalized spacial score (nSPS) is 26.6. The maximum absolute atomic E-state index is 11.0. The number of hydrogen-bond donors (Lipinski definition) is 3. The molecule has 0 spiro atoms. The van der Waals surface area contributed by atoms with Crippen LogP contribution in [0, 0.1) is 5.41 Å². The molecule has 1 aliphatic heterocycles. The number of amides is 1. The Morgan fingerprint density at radius 2 is 2.26 bits per heavy atom. The Bertz CT molecular complexity index is 327. The van der Waals surface area contributed by atoms with E-state index in [4.69, 9.17) is 14.9 Å². The molecule has 3 unspecified atom stereocenters. The van der Waals surface area contributed by atoms with Crippen LogP contribution in [0.25, 0.3) is 0 Å². The summed E-state index contributed by atoms with van der Waals surface area (Å²) < 4.78 is 10.6. The van der Waals surface area contributed by atoms with Crippen molar-refractivity contribution in [1.82, 2.24) is 10.2 Å². The number of nitrogens with zero attached hydrogens (tertiary/aromatic N) is 1. The first-order valence-electron chi connectivity index (χ1n) is 6.03. The summed E-state index contributed by atoms with van der Waals surface area (Å²) in [7, 11) is 5.04. The molecular formula is C11H21N3O4S.